The second-order valence-electron chi connectivity index (χ2n) is 6.16. The summed E-state index contributed by atoms with van der Waals surface area (Å²) in [6, 6.07) is 8.32. The van der Waals surface area contributed by atoms with Crippen LogP contribution in [0.25, 0.3) is 17.0 Å². The van der Waals surface area contributed by atoms with Crippen molar-refractivity contribution in [3.8, 4) is 12.0 Å². The van der Waals surface area contributed by atoms with Gasteiger partial charge in [-0.05, 0) is 31.9 Å². The highest BCUT2D eigenvalue weighted by molar-refractivity contribution is 5.76. The summed E-state index contributed by atoms with van der Waals surface area (Å²) in [7, 11) is 0. The van der Waals surface area contributed by atoms with Crippen molar-refractivity contribution in [2.45, 2.75) is 32.6 Å². The minimum Gasteiger partial charge on any atom is -0.464 e. The summed E-state index contributed by atoms with van der Waals surface area (Å²) < 4.78 is 7.49. The van der Waals surface area contributed by atoms with E-state index < -0.39 is 0 Å². The van der Waals surface area contributed by atoms with E-state index in [1.807, 2.05) is 35.8 Å². The SMILES string of the molecule is CCOc1nc(N2CCCCCC2)nc(-n2cnc3ccccc32)n1. The quantitative estimate of drug-likeness (QED) is 0.728. The lowest BCUT2D eigenvalue weighted by Crippen LogP contribution is -2.27. The normalized spacial score (nSPS) is 15.3. The molecule has 0 atom stereocenters. The zero-order valence-corrected chi connectivity index (χ0v) is 14.4. The number of imidazole rings is 1. The van der Waals surface area contributed by atoms with Gasteiger partial charge in [0.05, 0.1) is 17.6 Å². The van der Waals surface area contributed by atoms with Crippen LogP contribution in [0.4, 0.5) is 5.95 Å². The second-order valence-corrected chi connectivity index (χ2v) is 6.16. The monoisotopic (exact) mass is 338 g/mol. The molecule has 1 aromatic carbocycles. The van der Waals surface area contributed by atoms with Gasteiger partial charge < -0.3 is 9.64 Å². The van der Waals surface area contributed by atoms with E-state index in [0.29, 0.717) is 24.5 Å². The molecular weight excluding hydrogens is 316 g/mol. The first-order valence-corrected chi connectivity index (χ1v) is 8.91. The van der Waals surface area contributed by atoms with E-state index in [1.165, 1.54) is 25.7 Å². The lowest BCUT2D eigenvalue weighted by atomic mass is 10.2. The maximum absolute atomic E-state index is 5.60. The number of nitrogens with zero attached hydrogens (tertiary/aromatic N) is 6. The van der Waals surface area contributed by atoms with E-state index in [4.69, 9.17) is 9.72 Å². The highest BCUT2D eigenvalue weighted by Crippen LogP contribution is 2.21. The van der Waals surface area contributed by atoms with Gasteiger partial charge in [-0.25, -0.2) is 4.98 Å². The average Bonchev–Trinajstić information content (AvgIpc) is 2.88. The van der Waals surface area contributed by atoms with Crippen LogP contribution in [0.5, 0.6) is 6.01 Å². The summed E-state index contributed by atoms with van der Waals surface area (Å²) in [5.74, 6) is 1.24. The Morgan fingerprint density at radius 2 is 1.72 bits per heavy atom. The lowest BCUT2D eigenvalue weighted by Gasteiger charge is -2.20. The van der Waals surface area contributed by atoms with Crippen LogP contribution >= 0.6 is 0 Å². The van der Waals surface area contributed by atoms with Crippen LogP contribution in [0.2, 0.25) is 0 Å². The largest absolute Gasteiger partial charge is 0.464 e. The van der Waals surface area contributed by atoms with Gasteiger partial charge in [0.15, 0.2) is 0 Å². The Morgan fingerprint density at radius 3 is 2.52 bits per heavy atom. The van der Waals surface area contributed by atoms with Crippen LogP contribution in [0.1, 0.15) is 32.6 Å². The van der Waals surface area contributed by atoms with Crippen LogP contribution in [0.15, 0.2) is 30.6 Å². The predicted molar refractivity (Wildman–Crippen MR) is 96.3 cm³/mol. The Hall–Kier alpha value is -2.70. The minimum absolute atomic E-state index is 0.365. The minimum atomic E-state index is 0.365. The zero-order valence-electron chi connectivity index (χ0n) is 14.4. The van der Waals surface area contributed by atoms with Gasteiger partial charge in [-0.15, -0.1) is 0 Å². The molecule has 25 heavy (non-hydrogen) atoms. The predicted octanol–water partition coefficient (Wildman–Crippen LogP) is 2.99. The van der Waals surface area contributed by atoms with Gasteiger partial charge in [0, 0.05) is 13.1 Å². The highest BCUT2D eigenvalue weighted by atomic mass is 16.5. The Kier molecular flexibility index (Phi) is 4.45. The van der Waals surface area contributed by atoms with E-state index in [0.717, 1.165) is 24.1 Å². The Labute approximate surface area is 146 Å². The molecule has 3 aromatic rings. The summed E-state index contributed by atoms with van der Waals surface area (Å²) in [6.07, 6.45) is 6.61. The first-order chi connectivity index (χ1) is 12.3. The van der Waals surface area contributed by atoms with Crippen LogP contribution in [-0.2, 0) is 0 Å². The van der Waals surface area contributed by atoms with Gasteiger partial charge >= 0.3 is 6.01 Å². The van der Waals surface area contributed by atoms with Gasteiger partial charge in [-0.3, -0.25) is 4.57 Å². The summed E-state index contributed by atoms with van der Waals surface area (Å²) in [5, 5.41) is 0. The molecule has 0 spiro atoms. The molecule has 7 heteroatoms. The van der Waals surface area contributed by atoms with Gasteiger partial charge in [-0.2, -0.15) is 15.0 Å². The van der Waals surface area contributed by atoms with Crippen LogP contribution in [0, 0.1) is 0 Å². The fourth-order valence-electron chi connectivity index (χ4n) is 3.17. The molecule has 0 amide bonds. The number of fused-ring (bicyclic) bond motifs is 1. The van der Waals surface area contributed by atoms with E-state index in [1.54, 1.807) is 6.33 Å². The molecule has 2 aromatic heterocycles. The van der Waals surface area contributed by atoms with Gasteiger partial charge in [0.1, 0.15) is 6.33 Å². The number of anilines is 1. The molecule has 1 fully saturated rings. The third-order valence-electron chi connectivity index (χ3n) is 4.42. The summed E-state index contributed by atoms with van der Waals surface area (Å²) in [4.78, 5) is 20.4. The smallest absolute Gasteiger partial charge is 0.323 e. The number of hydrogen-bond acceptors (Lipinski definition) is 6. The third-order valence-corrected chi connectivity index (χ3v) is 4.42. The average molecular weight is 338 g/mol. The molecule has 0 bridgehead atoms. The first kappa shape index (κ1) is 15.8. The molecular formula is C18H22N6O. The van der Waals surface area contributed by atoms with Gasteiger partial charge in [0.2, 0.25) is 11.9 Å². The molecule has 0 radical (unpaired) electrons. The molecule has 0 aliphatic carbocycles. The standard InChI is InChI=1S/C18H22N6O/c1-2-25-18-21-16(23-11-7-3-4-8-12-23)20-17(22-18)24-13-19-14-9-5-6-10-15(14)24/h5-6,9-10,13H,2-4,7-8,11-12H2,1H3. The van der Waals surface area contributed by atoms with Crippen molar-refractivity contribution >= 4 is 17.0 Å². The fourth-order valence-corrected chi connectivity index (χ4v) is 3.17. The van der Waals surface area contributed by atoms with Crippen molar-refractivity contribution in [2.24, 2.45) is 0 Å². The summed E-state index contributed by atoms with van der Waals surface area (Å²) in [5.41, 5.74) is 1.88. The summed E-state index contributed by atoms with van der Waals surface area (Å²) in [6.45, 7) is 4.40. The van der Waals surface area contributed by atoms with E-state index in [2.05, 4.69) is 19.9 Å². The third kappa shape index (κ3) is 3.26. The van der Waals surface area contributed by atoms with Crippen LogP contribution in [0.3, 0.4) is 0 Å². The molecule has 130 valence electrons. The number of hydrogen-bond donors (Lipinski definition) is 0. The Morgan fingerprint density at radius 1 is 0.960 bits per heavy atom. The Bertz CT molecular complexity index is 854. The highest BCUT2D eigenvalue weighted by Gasteiger charge is 2.17. The number of rotatable bonds is 4. The molecule has 0 N–H and O–H groups in total. The second kappa shape index (κ2) is 7.04. The molecule has 0 unspecified atom stereocenters. The van der Waals surface area contributed by atoms with Crippen molar-refractivity contribution in [1.82, 2.24) is 24.5 Å². The summed E-state index contributed by atoms with van der Waals surface area (Å²) >= 11 is 0. The van der Waals surface area contributed by atoms with Crippen LogP contribution in [-0.4, -0.2) is 44.2 Å². The molecule has 0 saturated carbocycles. The van der Waals surface area contributed by atoms with Crippen molar-refractivity contribution in [2.75, 3.05) is 24.6 Å². The molecule has 3 heterocycles. The van der Waals surface area contributed by atoms with E-state index >= 15 is 0 Å². The maximum Gasteiger partial charge on any atom is 0.323 e. The zero-order chi connectivity index (χ0) is 17.1. The van der Waals surface area contributed by atoms with Crippen molar-refractivity contribution < 1.29 is 4.74 Å². The molecule has 1 aliphatic heterocycles. The van der Waals surface area contributed by atoms with Gasteiger partial charge in [0.25, 0.3) is 0 Å². The van der Waals surface area contributed by atoms with E-state index in [-0.39, 0.29) is 0 Å². The topological polar surface area (TPSA) is 69.0 Å². The molecule has 1 aliphatic rings. The van der Waals surface area contributed by atoms with Crippen LogP contribution < -0.4 is 9.64 Å². The number of benzene rings is 1. The number of ether oxygens (including phenoxy) is 1. The maximum atomic E-state index is 5.60. The number of aromatic nitrogens is 5. The van der Waals surface area contributed by atoms with Crippen molar-refractivity contribution in [3.63, 3.8) is 0 Å². The lowest BCUT2D eigenvalue weighted by molar-refractivity contribution is 0.311. The molecule has 4 rings (SSSR count). The van der Waals surface area contributed by atoms with Crippen molar-refractivity contribution in [3.05, 3.63) is 30.6 Å². The molecule has 7 nitrogen and oxygen atoms in total. The van der Waals surface area contributed by atoms with Crippen molar-refractivity contribution in [1.29, 1.82) is 0 Å². The fraction of sp³-hybridized carbons (Fsp3) is 0.444. The Balaban J connectivity index is 1.78. The van der Waals surface area contributed by atoms with E-state index in [9.17, 15) is 0 Å². The molecule has 1 saturated heterocycles. The first-order valence-electron chi connectivity index (χ1n) is 8.91. The number of para-hydroxylation sites is 2. The van der Waals surface area contributed by atoms with Gasteiger partial charge in [-0.1, -0.05) is 25.0 Å².